The highest BCUT2D eigenvalue weighted by atomic mass is 16.1. The van der Waals surface area contributed by atoms with Crippen LogP contribution in [-0.2, 0) is 6.42 Å². The van der Waals surface area contributed by atoms with Gasteiger partial charge in [0.25, 0.3) is 0 Å². The van der Waals surface area contributed by atoms with Crippen molar-refractivity contribution in [2.75, 3.05) is 18.0 Å². The molecular formula is C16H23NO. The Morgan fingerprint density at radius 3 is 2.67 bits per heavy atom. The average molecular weight is 245 g/mol. The predicted octanol–water partition coefficient (Wildman–Crippen LogP) is 3.69. The Balaban J connectivity index is 2.12. The number of anilines is 1. The van der Waals surface area contributed by atoms with Gasteiger partial charge in [-0.3, -0.25) is 4.79 Å². The van der Waals surface area contributed by atoms with Crippen molar-refractivity contribution >= 4 is 11.5 Å². The molecule has 18 heavy (non-hydrogen) atoms. The lowest BCUT2D eigenvalue weighted by Gasteiger charge is -2.25. The maximum atomic E-state index is 11.4. The monoisotopic (exact) mass is 245 g/mol. The molecule has 0 saturated heterocycles. The first-order valence-electron chi connectivity index (χ1n) is 6.76. The summed E-state index contributed by atoms with van der Waals surface area (Å²) < 4.78 is 0. The van der Waals surface area contributed by atoms with E-state index in [1.165, 1.54) is 17.7 Å². The number of nitrogens with zero attached hydrogens (tertiary/aromatic N) is 1. The SMILES string of the molecule is CC(=O)c1ccc2c(c1)CCN2CCC(C)(C)C. The van der Waals surface area contributed by atoms with Gasteiger partial charge in [-0.1, -0.05) is 20.8 Å². The van der Waals surface area contributed by atoms with Gasteiger partial charge in [-0.2, -0.15) is 0 Å². The number of benzene rings is 1. The number of carbonyl (C=O) groups excluding carboxylic acids is 1. The van der Waals surface area contributed by atoms with Crippen molar-refractivity contribution in [3.8, 4) is 0 Å². The Kier molecular flexibility index (Phi) is 3.47. The summed E-state index contributed by atoms with van der Waals surface area (Å²) in [6.45, 7) is 10.7. The van der Waals surface area contributed by atoms with Gasteiger partial charge >= 0.3 is 0 Å². The van der Waals surface area contributed by atoms with Crippen molar-refractivity contribution in [2.45, 2.75) is 40.5 Å². The number of ketones is 1. The summed E-state index contributed by atoms with van der Waals surface area (Å²) in [6, 6.07) is 6.13. The molecule has 1 aliphatic rings. The van der Waals surface area contributed by atoms with Gasteiger partial charge in [0, 0.05) is 24.3 Å². The van der Waals surface area contributed by atoms with Crippen molar-refractivity contribution in [3.63, 3.8) is 0 Å². The molecular weight excluding hydrogens is 222 g/mol. The molecule has 0 spiro atoms. The Morgan fingerprint density at radius 2 is 2.06 bits per heavy atom. The van der Waals surface area contributed by atoms with E-state index in [1.54, 1.807) is 6.92 Å². The molecule has 0 atom stereocenters. The summed E-state index contributed by atoms with van der Waals surface area (Å²) in [5.74, 6) is 0.158. The van der Waals surface area contributed by atoms with Gasteiger partial charge in [0.15, 0.2) is 5.78 Å². The molecule has 1 aliphatic heterocycles. The van der Waals surface area contributed by atoms with Gasteiger partial charge in [-0.25, -0.2) is 0 Å². The number of fused-ring (bicyclic) bond motifs is 1. The topological polar surface area (TPSA) is 20.3 Å². The molecule has 98 valence electrons. The van der Waals surface area contributed by atoms with E-state index < -0.39 is 0 Å². The number of hydrogen-bond donors (Lipinski definition) is 0. The molecule has 0 bridgehead atoms. The lowest BCUT2D eigenvalue weighted by molar-refractivity contribution is 0.101. The quantitative estimate of drug-likeness (QED) is 0.757. The Morgan fingerprint density at radius 1 is 1.33 bits per heavy atom. The second-order valence-corrected chi connectivity index (χ2v) is 6.45. The van der Waals surface area contributed by atoms with Crippen LogP contribution < -0.4 is 4.90 Å². The first-order chi connectivity index (χ1) is 8.37. The molecule has 1 aromatic carbocycles. The van der Waals surface area contributed by atoms with Crippen molar-refractivity contribution in [1.82, 2.24) is 0 Å². The van der Waals surface area contributed by atoms with Crippen LogP contribution >= 0.6 is 0 Å². The van der Waals surface area contributed by atoms with Crippen LogP contribution in [0.4, 0.5) is 5.69 Å². The van der Waals surface area contributed by atoms with E-state index in [9.17, 15) is 4.79 Å². The first kappa shape index (κ1) is 13.1. The van der Waals surface area contributed by atoms with Crippen LogP contribution in [0.5, 0.6) is 0 Å². The van der Waals surface area contributed by atoms with Crippen molar-refractivity contribution < 1.29 is 4.79 Å². The third-order valence-corrected chi connectivity index (χ3v) is 3.61. The third-order valence-electron chi connectivity index (χ3n) is 3.61. The smallest absolute Gasteiger partial charge is 0.159 e. The average Bonchev–Trinajstić information content (AvgIpc) is 2.67. The maximum absolute atomic E-state index is 11.4. The van der Waals surface area contributed by atoms with Gasteiger partial charge in [-0.05, 0) is 48.9 Å². The molecule has 0 unspecified atom stereocenters. The zero-order valence-electron chi connectivity index (χ0n) is 11.9. The van der Waals surface area contributed by atoms with Crippen LogP contribution in [0.25, 0.3) is 0 Å². The molecule has 2 heteroatoms. The fourth-order valence-corrected chi connectivity index (χ4v) is 2.39. The molecule has 1 heterocycles. The maximum Gasteiger partial charge on any atom is 0.159 e. The van der Waals surface area contributed by atoms with E-state index in [0.717, 1.165) is 25.1 Å². The molecule has 0 N–H and O–H groups in total. The summed E-state index contributed by atoms with van der Waals surface area (Å²) in [5, 5.41) is 0. The van der Waals surface area contributed by atoms with Crippen molar-refractivity contribution in [2.24, 2.45) is 5.41 Å². The summed E-state index contributed by atoms with van der Waals surface area (Å²) in [4.78, 5) is 13.8. The van der Waals surface area contributed by atoms with E-state index in [-0.39, 0.29) is 5.78 Å². The third kappa shape index (κ3) is 2.92. The van der Waals surface area contributed by atoms with E-state index in [2.05, 4.69) is 37.8 Å². The van der Waals surface area contributed by atoms with Crippen LogP contribution in [0.2, 0.25) is 0 Å². The minimum absolute atomic E-state index is 0.158. The molecule has 0 amide bonds. The molecule has 0 fully saturated rings. The molecule has 0 aromatic heterocycles. The molecule has 0 radical (unpaired) electrons. The second kappa shape index (κ2) is 4.75. The minimum atomic E-state index is 0.158. The highest BCUT2D eigenvalue weighted by Gasteiger charge is 2.21. The van der Waals surface area contributed by atoms with E-state index >= 15 is 0 Å². The second-order valence-electron chi connectivity index (χ2n) is 6.45. The Labute approximate surface area is 110 Å². The molecule has 2 rings (SSSR count). The fourth-order valence-electron chi connectivity index (χ4n) is 2.39. The first-order valence-corrected chi connectivity index (χ1v) is 6.76. The Hall–Kier alpha value is -1.31. The zero-order chi connectivity index (χ0) is 13.3. The van der Waals surface area contributed by atoms with Crippen LogP contribution in [0.1, 0.15) is 50.0 Å². The highest BCUT2D eigenvalue weighted by Crippen LogP contribution is 2.30. The largest absolute Gasteiger partial charge is 0.371 e. The van der Waals surface area contributed by atoms with Gasteiger partial charge in [0.2, 0.25) is 0 Å². The van der Waals surface area contributed by atoms with E-state index in [0.29, 0.717) is 5.41 Å². The van der Waals surface area contributed by atoms with E-state index in [4.69, 9.17) is 0 Å². The lowest BCUT2D eigenvalue weighted by Crippen LogP contribution is -2.25. The lowest BCUT2D eigenvalue weighted by atomic mass is 9.92. The number of Topliss-reactive ketones (excluding diaryl/α,β-unsaturated/α-hetero) is 1. The standard InChI is InChI=1S/C16H23NO/c1-12(18)13-5-6-15-14(11-13)7-9-17(15)10-8-16(2,3)4/h5-6,11H,7-10H2,1-4H3. The normalized spacial score (nSPS) is 14.8. The molecule has 0 aliphatic carbocycles. The minimum Gasteiger partial charge on any atom is -0.371 e. The van der Waals surface area contributed by atoms with Crippen LogP contribution in [-0.4, -0.2) is 18.9 Å². The van der Waals surface area contributed by atoms with Gasteiger partial charge < -0.3 is 4.90 Å². The molecule has 2 nitrogen and oxygen atoms in total. The van der Waals surface area contributed by atoms with Gasteiger partial charge in [0.05, 0.1) is 0 Å². The summed E-state index contributed by atoms with van der Waals surface area (Å²) in [6.07, 6.45) is 2.27. The number of carbonyl (C=O) groups is 1. The van der Waals surface area contributed by atoms with Crippen molar-refractivity contribution in [3.05, 3.63) is 29.3 Å². The number of hydrogen-bond acceptors (Lipinski definition) is 2. The van der Waals surface area contributed by atoms with Crippen LogP contribution in [0.15, 0.2) is 18.2 Å². The Bertz CT molecular complexity index is 457. The number of rotatable bonds is 3. The molecule has 1 aromatic rings. The van der Waals surface area contributed by atoms with E-state index in [1.807, 2.05) is 6.07 Å². The van der Waals surface area contributed by atoms with Crippen LogP contribution in [0, 0.1) is 5.41 Å². The fraction of sp³-hybridized carbons (Fsp3) is 0.562. The highest BCUT2D eigenvalue weighted by molar-refractivity contribution is 5.94. The van der Waals surface area contributed by atoms with Gasteiger partial charge in [-0.15, -0.1) is 0 Å². The van der Waals surface area contributed by atoms with Crippen molar-refractivity contribution in [1.29, 1.82) is 0 Å². The van der Waals surface area contributed by atoms with Crippen LogP contribution in [0.3, 0.4) is 0 Å². The molecule has 0 saturated carbocycles. The summed E-state index contributed by atoms with van der Waals surface area (Å²) in [7, 11) is 0. The van der Waals surface area contributed by atoms with Gasteiger partial charge in [0.1, 0.15) is 0 Å². The summed E-state index contributed by atoms with van der Waals surface area (Å²) >= 11 is 0. The summed E-state index contributed by atoms with van der Waals surface area (Å²) in [5.41, 5.74) is 3.87. The predicted molar refractivity (Wildman–Crippen MR) is 76.4 cm³/mol. The zero-order valence-corrected chi connectivity index (χ0v) is 11.9.